The molecular weight excluding hydrogens is 454 g/mol. The predicted octanol–water partition coefficient (Wildman–Crippen LogP) is 5.70. The number of nitro groups is 1. The van der Waals surface area contributed by atoms with Crippen molar-refractivity contribution in [1.82, 2.24) is 0 Å². The maximum Gasteiger partial charge on any atom is 0.228 e. The lowest BCUT2D eigenvalue weighted by Crippen LogP contribution is -2.48. The van der Waals surface area contributed by atoms with Crippen LogP contribution in [0.15, 0.2) is 78.9 Å². The number of aryl methyl sites for hydroxylation is 2. The highest BCUT2D eigenvalue weighted by atomic mass is 16.6. The molecule has 0 aromatic heterocycles. The zero-order valence-electron chi connectivity index (χ0n) is 20.6. The van der Waals surface area contributed by atoms with E-state index in [1.807, 2.05) is 50.2 Å². The molecule has 0 bridgehead atoms. The molecule has 184 valence electrons. The molecular formula is C30H29NO5. The zero-order chi connectivity index (χ0) is 25.8. The summed E-state index contributed by atoms with van der Waals surface area (Å²) in [6, 6.07) is 20.8. The van der Waals surface area contributed by atoms with Crippen molar-refractivity contribution in [1.29, 1.82) is 0 Å². The van der Waals surface area contributed by atoms with E-state index in [0.29, 0.717) is 16.9 Å². The molecule has 3 aromatic rings. The second-order valence-corrected chi connectivity index (χ2v) is 9.39. The van der Waals surface area contributed by atoms with Crippen LogP contribution in [0.1, 0.15) is 46.1 Å². The molecule has 3 unspecified atom stereocenters. The molecule has 0 N–H and O–H groups in total. The molecule has 0 saturated heterocycles. The summed E-state index contributed by atoms with van der Waals surface area (Å²) in [6.45, 7) is 3.90. The zero-order valence-corrected chi connectivity index (χ0v) is 20.6. The number of Topliss-reactive ketones (excluding diaryl/α,β-unsaturated/α-hetero) is 1. The fourth-order valence-corrected chi connectivity index (χ4v) is 5.03. The van der Waals surface area contributed by atoms with Crippen molar-refractivity contribution in [3.8, 4) is 5.75 Å². The molecule has 0 radical (unpaired) electrons. The van der Waals surface area contributed by atoms with Gasteiger partial charge in [-0.3, -0.25) is 19.7 Å². The standard InChI is InChI=1S/C30H29NO5/c1-19-4-8-21(9-5-19)10-17-26(32)29-27(33)18-25(22-13-15-24(36-3)16-14-22)30(31(34)35)28(29)23-11-6-20(2)7-12-23/h4-17,25,28-30H,18H2,1-3H3/b17-10+/t25?,28?,29?,30-/m0/s1. The first-order chi connectivity index (χ1) is 17.3. The molecule has 6 heteroatoms. The normalized spacial score (nSPS) is 21.9. The summed E-state index contributed by atoms with van der Waals surface area (Å²) in [5.74, 6) is -2.73. The van der Waals surface area contributed by atoms with E-state index >= 15 is 0 Å². The van der Waals surface area contributed by atoms with Crippen LogP contribution in [0, 0.1) is 29.9 Å². The highest BCUT2D eigenvalue weighted by molar-refractivity contribution is 6.10. The van der Waals surface area contributed by atoms with Gasteiger partial charge in [0.2, 0.25) is 6.04 Å². The van der Waals surface area contributed by atoms with Gasteiger partial charge in [-0.2, -0.15) is 0 Å². The van der Waals surface area contributed by atoms with E-state index in [4.69, 9.17) is 4.74 Å². The van der Waals surface area contributed by atoms with Crippen LogP contribution in [0.3, 0.4) is 0 Å². The van der Waals surface area contributed by atoms with Crippen LogP contribution in [0.2, 0.25) is 0 Å². The molecule has 0 spiro atoms. The number of ketones is 2. The molecule has 1 saturated carbocycles. The van der Waals surface area contributed by atoms with Crippen LogP contribution < -0.4 is 4.74 Å². The van der Waals surface area contributed by atoms with E-state index in [0.717, 1.165) is 16.7 Å². The second kappa shape index (κ2) is 10.7. The van der Waals surface area contributed by atoms with Gasteiger partial charge < -0.3 is 4.74 Å². The summed E-state index contributed by atoms with van der Waals surface area (Å²) >= 11 is 0. The third-order valence-electron chi connectivity index (χ3n) is 6.98. The molecule has 6 nitrogen and oxygen atoms in total. The molecule has 1 aliphatic carbocycles. The van der Waals surface area contributed by atoms with Crippen LogP contribution in [-0.2, 0) is 9.59 Å². The Morgan fingerprint density at radius 1 is 0.917 bits per heavy atom. The molecule has 1 fully saturated rings. The first-order valence-electron chi connectivity index (χ1n) is 11.9. The maximum absolute atomic E-state index is 13.5. The number of allylic oxidation sites excluding steroid dienone is 1. The molecule has 0 heterocycles. The van der Waals surface area contributed by atoms with E-state index in [1.54, 1.807) is 49.6 Å². The number of methoxy groups -OCH3 is 1. The summed E-state index contributed by atoms with van der Waals surface area (Å²) in [7, 11) is 1.55. The Labute approximate surface area is 210 Å². The lowest BCUT2D eigenvalue weighted by Gasteiger charge is -2.36. The average Bonchev–Trinajstić information content (AvgIpc) is 2.88. The molecule has 1 aliphatic rings. The minimum atomic E-state index is -1.14. The van der Waals surface area contributed by atoms with Crippen molar-refractivity contribution in [3.05, 3.63) is 117 Å². The van der Waals surface area contributed by atoms with Crippen LogP contribution in [0.4, 0.5) is 0 Å². The van der Waals surface area contributed by atoms with Crippen LogP contribution >= 0.6 is 0 Å². The van der Waals surface area contributed by atoms with E-state index < -0.39 is 29.6 Å². The molecule has 0 aliphatic heterocycles. The van der Waals surface area contributed by atoms with Crippen molar-refractivity contribution in [2.45, 2.75) is 38.1 Å². The Hall–Kier alpha value is -4.06. The second-order valence-electron chi connectivity index (χ2n) is 9.39. The molecule has 4 atom stereocenters. The van der Waals surface area contributed by atoms with Gasteiger partial charge in [0.05, 0.1) is 24.9 Å². The van der Waals surface area contributed by atoms with E-state index in [9.17, 15) is 19.7 Å². The van der Waals surface area contributed by atoms with Gasteiger partial charge in [-0.25, -0.2) is 0 Å². The van der Waals surface area contributed by atoms with Crippen molar-refractivity contribution < 1.29 is 19.2 Å². The van der Waals surface area contributed by atoms with Crippen molar-refractivity contribution in [3.63, 3.8) is 0 Å². The van der Waals surface area contributed by atoms with Crippen molar-refractivity contribution in [2.75, 3.05) is 7.11 Å². The minimum absolute atomic E-state index is 0.0743. The SMILES string of the molecule is COc1ccc(C2CC(=O)C(C(=O)/C=C/c3ccc(C)cc3)C(c3ccc(C)cc3)[C@H]2[N+](=O)[O-])cc1. The number of carbonyl (C=O) groups excluding carboxylic acids is 2. The van der Waals surface area contributed by atoms with Gasteiger partial charge in [0.1, 0.15) is 11.5 Å². The fraction of sp³-hybridized carbons (Fsp3) is 0.267. The molecule has 3 aromatic carbocycles. The van der Waals surface area contributed by atoms with Gasteiger partial charge in [0, 0.05) is 11.3 Å². The number of hydrogen-bond donors (Lipinski definition) is 0. The van der Waals surface area contributed by atoms with Crippen LogP contribution in [0.25, 0.3) is 6.08 Å². The van der Waals surface area contributed by atoms with Gasteiger partial charge in [-0.1, -0.05) is 77.9 Å². The van der Waals surface area contributed by atoms with E-state index in [-0.39, 0.29) is 17.1 Å². The van der Waals surface area contributed by atoms with Crippen molar-refractivity contribution in [2.24, 2.45) is 5.92 Å². The minimum Gasteiger partial charge on any atom is -0.497 e. The largest absolute Gasteiger partial charge is 0.497 e. The Morgan fingerprint density at radius 2 is 1.47 bits per heavy atom. The van der Waals surface area contributed by atoms with E-state index in [1.165, 1.54) is 6.08 Å². The summed E-state index contributed by atoms with van der Waals surface area (Å²) < 4.78 is 5.22. The summed E-state index contributed by atoms with van der Waals surface area (Å²) in [4.78, 5) is 39.2. The average molecular weight is 484 g/mol. The van der Waals surface area contributed by atoms with Gasteiger partial charge in [-0.15, -0.1) is 0 Å². The Morgan fingerprint density at radius 3 is 2.03 bits per heavy atom. The Balaban J connectivity index is 1.76. The first-order valence-corrected chi connectivity index (χ1v) is 11.9. The lowest BCUT2D eigenvalue weighted by molar-refractivity contribution is -0.533. The van der Waals surface area contributed by atoms with Gasteiger partial charge in [0.15, 0.2) is 5.78 Å². The van der Waals surface area contributed by atoms with Gasteiger partial charge >= 0.3 is 0 Å². The summed E-state index contributed by atoms with van der Waals surface area (Å²) in [6.07, 6.45) is 2.98. The van der Waals surface area contributed by atoms with E-state index in [2.05, 4.69) is 0 Å². The molecule has 4 rings (SSSR count). The smallest absolute Gasteiger partial charge is 0.228 e. The number of nitrogens with zero attached hydrogens (tertiary/aromatic N) is 1. The number of hydrogen-bond acceptors (Lipinski definition) is 5. The monoisotopic (exact) mass is 483 g/mol. The third kappa shape index (κ3) is 5.28. The highest BCUT2D eigenvalue weighted by Crippen LogP contribution is 2.45. The third-order valence-corrected chi connectivity index (χ3v) is 6.98. The number of ether oxygens (including phenoxy) is 1. The quantitative estimate of drug-likeness (QED) is 0.186. The van der Waals surface area contributed by atoms with Crippen LogP contribution in [0.5, 0.6) is 5.75 Å². The Kier molecular flexibility index (Phi) is 7.44. The maximum atomic E-state index is 13.5. The number of rotatable bonds is 7. The lowest BCUT2D eigenvalue weighted by atomic mass is 9.64. The van der Waals surface area contributed by atoms with Crippen molar-refractivity contribution >= 4 is 17.6 Å². The van der Waals surface area contributed by atoms with Gasteiger partial charge in [0.25, 0.3) is 0 Å². The van der Waals surface area contributed by atoms with Crippen LogP contribution in [-0.4, -0.2) is 29.6 Å². The predicted molar refractivity (Wildman–Crippen MR) is 139 cm³/mol. The molecule has 36 heavy (non-hydrogen) atoms. The number of carbonyl (C=O) groups is 2. The fourth-order valence-electron chi connectivity index (χ4n) is 5.03. The van der Waals surface area contributed by atoms with Gasteiger partial charge in [-0.05, 0) is 48.7 Å². The summed E-state index contributed by atoms with van der Waals surface area (Å²) in [5.41, 5.74) is 4.22. The molecule has 0 amide bonds. The summed E-state index contributed by atoms with van der Waals surface area (Å²) in [5, 5.41) is 12.5. The number of benzene rings is 3. The first kappa shape index (κ1) is 25.0. The topological polar surface area (TPSA) is 86.5 Å². The Bertz CT molecular complexity index is 1280. The highest BCUT2D eigenvalue weighted by Gasteiger charge is 2.53.